The van der Waals surface area contributed by atoms with E-state index in [4.69, 9.17) is 0 Å². The summed E-state index contributed by atoms with van der Waals surface area (Å²) >= 11 is 0. The normalized spacial score (nSPS) is 18.5. The average Bonchev–Trinajstić information content (AvgIpc) is 2.80. The molecule has 2 N–H and O–H groups in total. The molecule has 0 atom stereocenters. The third-order valence-corrected chi connectivity index (χ3v) is 3.02. The third kappa shape index (κ3) is 4.19. The number of alkyl halides is 3. The lowest BCUT2D eigenvalue weighted by Crippen LogP contribution is -2.42. The van der Waals surface area contributed by atoms with Gasteiger partial charge in [0.15, 0.2) is 0 Å². The Morgan fingerprint density at radius 2 is 2.16 bits per heavy atom. The molecule has 2 rings (SSSR count). The molecule has 2 heterocycles. The van der Waals surface area contributed by atoms with E-state index in [0.717, 1.165) is 0 Å². The van der Waals surface area contributed by atoms with Crippen LogP contribution < -0.4 is 5.32 Å². The summed E-state index contributed by atoms with van der Waals surface area (Å²) in [6, 6.07) is 0. The predicted molar refractivity (Wildman–Crippen MR) is 60.2 cm³/mol. The Bertz CT molecular complexity index is 411. The van der Waals surface area contributed by atoms with Gasteiger partial charge in [-0.05, 0) is 25.9 Å². The lowest BCUT2D eigenvalue weighted by atomic mass is 9.96. The van der Waals surface area contributed by atoms with Crippen molar-refractivity contribution in [3.05, 3.63) is 6.33 Å². The van der Waals surface area contributed by atoms with E-state index < -0.39 is 12.7 Å². The number of amides is 1. The van der Waals surface area contributed by atoms with Crippen LogP contribution in [-0.4, -0.2) is 51.8 Å². The number of anilines is 1. The first-order valence-electron chi connectivity index (χ1n) is 5.89. The Morgan fingerprint density at radius 3 is 2.68 bits per heavy atom. The van der Waals surface area contributed by atoms with Crippen molar-refractivity contribution in [1.29, 1.82) is 0 Å². The van der Waals surface area contributed by atoms with Crippen LogP contribution >= 0.6 is 0 Å². The Hall–Kier alpha value is -1.64. The van der Waals surface area contributed by atoms with Crippen LogP contribution in [0.4, 0.5) is 19.1 Å². The smallest absolute Gasteiger partial charge is 0.295 e. The van der Waals surface area contributed by atoms with Crippen molar-refractivity contribution < 1.29 is 18.0 Å². The standard InChI is InChI=1S/C10H14F3N5O/c11-10(12,13)5-18-3-1-7(2-4-18)8(19)16-9-14-6-15-17-9/h6-7H,1-5H2,(H2,14,15,16,17,19). The quantitative estimate of drug-likeness (QED) is 0.865. The molecule has 1 aromatic heterocycles. The number of rotatable bonds is 3. The summed E-state index contributed by atoms with van der Waals surface area (Å²) in [6.07, 6.45) is -2.09. The number of likely N-dealkylation sites (tertiary alicyclic amines) is 1. The molecule has 0 spiro atoms. The summed E-state index contributed by atoms with van der Waals surface area (Å²) in [4.78, 5) is 16.9. The van der Waals surface area contributed by atoms with E-state index >= 15 is 0 Å². The van der Waals surface area contributed by atoms with Crippen LogP contribution in [0.1, 0.15) is 12.8 Å². The molecule has 1 fully saturated rings. The molecule has 1 amide bonds. The molecule has 0 bridgehead atoms. The average molecular weight is 277 g/mol. The summed E-state index contributed by atoms with van der Waals surface area (Å²) in [5.74, 6) is -0.263. The zero-order valence-electron chi connectivity index (χ0n) is 10.1. The molecule has 0 aliphatic carbocycles. The first-order chi connectivity index (χ1) is 8.94. The second-order valence-corrected chi connectivity index (χ2v) is 4.49. The predicted octanol–water partition coefficient (Wildman–Crippen LogP) is 1.02. The van der Waals surface area contributed by atoms with Crippen LogP contribution in [0, 0.1) is 5.92 Å². The fraction of sp³-hybridized carbons (Fsp3) is 0.700. The molecule has 6 nitrogen and oxygen atoms in total. The fourth-order valence-corrected chi connectivity index (χ4v) is 2.09. The molecule has 9 heteroatoms. The number of aromatic nitrogens is 3. The summed E-state index contributed by atoms with van der Waals surface area (Å²) < 4.78 is 36.6. The van der Waals surface area contributed by atoms with E-state index in [1.165, 1.54) is 11.2 Å². The van der Waals surface area contributed by atoms with Gasteiger partial charge in [0.05, 0.1) is 6.54 Å². The third-order valence-electron chi connectivity index (χ3n) is 3.02. The van der Waals surface area contributed by atoms with Gasteiger partial charge in [0.25, 0.3) is 0 Å². The molecule has 1 saturated heterocycles. The second-order valence-electron chi connectivity index (χ2n) is 4.49. The minimum Gasteiger partial charge on any atom is -0.295 e. The van der Waals surface area contributed by atoms with Gasteiger partial charge in [0.1, 0.15) is 6.33 Å². The maximum Gasteiger partial charge on any atom is 0.401 e. The highest BCUT2D eigenvalue weighted by atomic mass is 19.4. The summed E-state index contributed by atoms with van der Waals surface area (Å²) in [7, 11) is 0. The van der Waals surface area contributed by atoms with Crippen molar-refractivity contribution in [2.75, 3.05) is 25.0 Å². The van der Waals surface area contributed by atoms with E-state index in [2.05, 4.69) is 20.5 Å². The van der Waals surface area contributed by atoms with Gasteiger partial charge in [-0.3, -0.25) is 15.0 Å². The summed E-state index contributed by atoms with van der Waals surface area (Å²) in [6.45, 7) is -0.370. The Balaban J connectivity index is 1.78. The Kier molecular flexibility index (Phi) is 4.03. The number of hydrogen-bond acceptors (Lipinski definition) is 4. The van der Waals surface area contributed by atoms with Crippen LogP contribution in [-0.2, 0) is 4.79 Å². The highest BCUT2D eigenvalue weighted by Gasteiger charge is 2.33. The van der Waals surface area contributed by atoms with Crippen LogP contribution in [0.2, 0.25) is 0 Å². The van der Waals surface area contributed by atoms with Gasteiger partial charge < -0.3 is 0 Å². The summed E-state index contributed by atoms with van der Waals surface area (Å²) in [5.41, 5.74) is 0. The molecule has 1 aliphatic heterocycles. The van der Waals surface area contributed by atoms with Crippen molar-refractivity contribution in [2.24, 2.45) is 5.92 Å². The van der Waals surface area contributed by atoms with Crippen LogP contribution in [0.15, 0.2) is 6.33 Å². The van der Waals surface area contributed by atoms with Crippen LogP contribution in [0.5, 0.6) is 0 Å². The van der Waals surface area contributed by atoms with Crippen molar-refractivity contribution in [1.82, 2.24) is 20.1 Å². The van der Waals surface area contributed by atoms with E-state index in [9.17, 15) is 18.0 Å². The van der Waals surface area contributed by atoms with Gasteiger partial charge in [-0.2, -0.15) is 23.3 Å². The zero-order valence-corrected chi connectivity index (χ0v) is 10.1. The van der Waals surface area contributed by atoms with E-state index in [0.29, 0.717) is 12.8 Å². The number of aromatic amines is 1. The van der Waals surface area contributed by atoms with E-state index in [1.54, 1.807) is 0 Å². The molecular weight excluding hydrogens is 263 g/mol. The second kappa shape index (κ2) is 5.55. The number of nitrogens with zero attached hydrogens (tertiary/aromatic N) is 3. The van der Waals surface area contributed by atoms with Crippen molar-refractivity contribution in [2.45, 2.75) is 19.0 Å². The topological polar surface area (TPSA) is 73.9 Å². The molecule has 0 radical (unpaired) electrons. The van der Waals surface area contributed by atoms with Crippen LogP contribution in [0.25, 0.3) is 0 Å². The highest BCUT2D eigenvalue weighted by Crippen LogP contribution is 2.23. The molecule has 1 aromatic rings. The van der Waals surface area contributed by atoms with E-state index in [1.807, 2.05) is 0 Å². The lowest BCUT2D eigenvalue weighted by Gasteiger charge is -2.31. The highest BCUT2D eigenvalue weighted by molar-refractivity contribution is 5.90. The number of H-pyrrole nitrogens is 1. The van der Waals surface area contributed by atoms with Gasteiger partial charge in [-0.1, -0.05) is 0 Å². The number of carbonyl (C=O) groups excluding carboxylic acids is 1. The van der Waals surface area contributed by atoms with Gasteiger partial charge in [-0.15, -0.1) is 0 Å². The van der Waals surface area contributed by atoms with Crippen LogP contribution in [0.3, 0.4) is 0 Å². The lowest BCUT2D eigenvalue weighted by molar-refractivity contribution is -0.149. The largest absolute Gasteiger partial charge is 0.401 e. The monoisotopic (exact) mass is 277 g/mol. The van der Waals surface area contributed by atoms with Gasteiger partial charge in [0, 0.05) is 5.92 Å². The minimum absolute atomic E-state index is 0.233. The Morgan fingerprint density at radius 1 is 1.47 bits per heavy atom. The first-order valence-corrected chi connectivity index (χ1v) is 5.89. The summed E-state index contributed by atoms with van der Waals surface area (Å²) in [5, 5.41) is 8.63. The van der Waals surface area contributed by atoms with Gasteiger partial charge in [-0.25, -0.2) is 5.10 Å². The van der Waals surface area contributed by atoms with Crippen molar-refractivity contribution >= 4 is 11.9 Å². The van der Waals surface area contributed by atoms with Crippen molar-refractivity contribution in [3.8, 4) is 0 Å². The number of carbonyl (C=O) groups is 1. The fourth-order valence-electron chi connectivity index (χ4n) is 2.09. The maximum absolute atomic E-state index is 12.2. The number of piperidine rings is 1. The molecular formula is C10H14F3N5O. The van der Waals surface area contributed by atoms with Gasteiger partial charge >= 0.3 is 6.18 Å². The number of halogens is 3. The SMILES string of the molecule is O=C(Nc1ncn[nH]1)C1CCN(CC(F)(F)F)CC1. The Labute approximate surface area is 107 Å². The molecule has 0 unspecified atom stereocenters. The molecule has 0 saturated carbocycles. The molecule has 1 aliphatic rings. The number of nitrogens with one attached hydrogen (secondary N) is 2. The minimum atomic E-state index is -4.19. The van der Waals surface area contributed by atoms with E-state index in [-0.39, 0.29) is 30.9 Å². The van der Waals surface area contributed by atoms with Crippen molar-refractivity contribution in [3.63, 3.8) is 0 Å². The molecule has 106 valence electrons. The number of hydrogen-bond donors (Lipinski definition) is 2. The zero-order chi connectivity index (χ0) is 13.9. The maximum atomic E-state index is 12.2. The van der Waals surface area contributed by atoms with Gasteiger partial charge in [0.2, 0.25) is 11.9 Å². The molecule has 19 heavy (non-hydrogen) atoms. The first kappa shape index (κ1) is 13.8. The molecule has 0 aromatic carbocycles.